The molecule has 0 bridgehead atoms. The first-order valence-corrected chi connectivity index (χ1v) is 5.54. The van der Waals surface area contributed by atoms with Crippen LogP contribution in [0.4, 0.5) is 0 Å². The molecule has 0 saturated carbocycles. The molecule has 0 fully saturated rings. The van der Waals surface area contributed by atoms with Gasteiger partial charge in [0.2, 0.25) is 0 Å². The fourth-order valence-corrected chi connectivity index (χ4v) is 1.88. The molecular weight excluding hydrogens is 240 g/mol. The van der Waals surface area contributed by atoms with Crippen molar-refractivity contribution in [2.75, 3.05) is 20.8 Å². The summed E-state index contributed by atoms with van der Waals surface area (Å²) in [6.45, 7) is 1.53. The Morgan fingerprint density at radius 3 is 2.28 bits per heavy atom. The van der Waals surface area contributed by atoms with Crippen molar-refractivity contribution in [1.82, 2.24) is 0 Å². The van der Waals surface area contributed by atoms with Gasteiger partial charge in [-0.15, -0.1) is 0 Å². The molecular formula is C12H16O6. The number of ether oxygens (including phenoxy) is 3. The Labute approximate surface area is 105 Å². The molecule has 0 N–H and O–H groups in total. The first-order chi connectivity index (χ1) is 8.51. The molecule has 0 spiro atoms. The molecule has 6 nitrogen and oxygen atoms in total. The van der Waals surface area contributed by atoms with E-state index < -0.39 is 11.9 Å². The van der Waals surface area contributed by atoms with Crippen LogP contribution >= 0.6 is 0 Å². The van der Waals surface area contributed by atoms with Crippen LogP contribution < -0.4 is 0 Å². The van der Waals surface area contributed by atoms with Crippen molar-refractivity contribution in [3.63, 3.8) is 0 Å². The summed E-state index contributed by atoms with van der Waals surface area (Å²) in [6, 6.07) is 0. The second-order valence-electron chi connectivity index (χ2n) is 3.91. The van der Waals surface area contributed by atoms with Crippen molar-refractivity contribution in [1.29, 1.82) is 0 Å². The van der Waals surface area contributed by atoms with E-state index in [0.29, 0.717) is 24.0 Å². The van der Waals surface area contributed by atoms with Crippen LogP contribution in [-0.4, -0.2) is 38.7 Å². The molecule has 0 amide bonds. The van der Waals surface area contributed by atoms with E-state index in [4.69, 9.17) is 4.74 Å². The summed E-state index contributed by atoms with van der Waals surface area (Å²) in [5, 5.41) is 0. The van der Waals surface area contributed by atoms with Gasteiger partial charge in [-0.05, 0) is 18.8 Å². The Bertz CT molecular complexity index is 395. The maximum absolute atomic E-state index is 11.5. The fraction of sp³-hybridized carbons (Fsp3) is 0.583. The number of hydrogen-bond donors (Lipinski definition) is 0. The van der Waals surface area contributed by atoms with Crippen molar-refractivity contribution < 1.29 is 28.6 Å². The van der Waals surface area contributed by atoms with E-state index in [1.54, 1.807) is 0 Å². The van der Waals surface area contributed by atoms with Gasteiger partial charge in [0.15, 0.2) is 0 Å². The van der Waals surface area contributed by atoms with Gasteiger partial charge in [0.25, 0.3) is 0 Å². The number of hydrogen-bond acceptors (Lipinski definition) is 6. The van der Waals surface area contributed by atoms with E-state index in [1.165, 1.54) is 21.1 Å². The second kappa shape index (κ2) is 6.18. The first kappa shape index (κ1) is 14.2. The summed E-state index contributed by atoms with van der Waals surface area (Å²) < 4.78 is 14.0. The molecule has 1 aliphatic carbocycles. The smallest absolute Gasteiger partial charge is 0.334 e. The molecule has 1 atom stereocenters. The Morgan fingerprint density at radius 2 is 1.78 bits per heavy atom. The maximum Gasteiger partial charge on any atom is 0.334 e. The summed E-state index contributed by atoms with van der Waals surface area (Å²) in [6.07, 6.45) is 0.933. The predicted octanol–water partition coefficient (Wildman–Crippen LogP) is 0.602. The zero-order valence-corrected chi connectivity index (χ0v) is 10.6. The molecule has 0 aromatic rings. The number of carbonyl (C=O) groups excluding carboxylic acids is 3. The van der Waals surface area contributed by atoms with Crippen molar-refractivity contribution in [2.24, 2.45) is 5.92 Å². The van der Waals surface area contributed by atoms with Crippen molar-refractivity contribution in [2.45, 2.75) is 19.8 Å². The molecule has 0 radical (unpaired) electrons. The molecule has 18 heavy (non-hydrogen) atoms. The molecule has 6 heteroatoms. The summed E-state index contributed by atoms with van der Waals surface area (Å²) >= 11 is 0. The number of rotatable bonds is 5. The SMILES string of the molecule is COC(=O)C1=C(C(=O)OC)C(CCOC(C)=O)C1. The van der Waals surface area contributed by atoms with Crippen LogP contribution in [0.15, 0.2) is 11.1 Å². The van der Waals surface area contributed by atoms with Gasteiger partial charge in [0.1, 0.15) is 0 Å². The van der Waals surface area contributed by atoms with Crippen LogP contribution in [0.2, 0.25) is 0 Å². The fourth-order valence-electron chi connectivity index (χ4n) is 1.88. The minimum atomic E-state index is -0.533. The van der Waals surface area contributed by atoms with Crippen molar-refractivity contribution in [3.8, 4) is 0 Å². The van der Waals surface area contributed by atoms with Crippen molar-refractivity contribution >= 4 is 17.9 Å². The Balaban J connectivity index is 2.68. The maximum atomic E-state index is 11.5. The number of methoxy groups -OCH3 is 2. The highest BCUT2D eigenvalue weighted by Gasteiger charge is 2.38. The van der Waals surface area contributed by atoms with E-state index in [1.807, 2.05) is 0 Å². The van der Waals surface area contributed by atoms with Gasteiger partial charge >= 0.3 is 17.9 Å². The molecule has 100 valence electrons. The third-order valence-electron chi connectivity index (χ3n) is 2.79. The minimum Gasteiger partial charge on any atom is -0.466 e. The van der Waals surface area contributed by atoms with Gasteiger partial charge in [-0.3, -0.25) is 4.79 Å². The van der Waals surface area contributed by atoms with Crippen LogP contribution in [0.5, 0.6) is 0 Å². The Kier molecular flexibility index (Phi) is 4.88. The van der Waals surface area contributed by atoms with Gasteiger partial charge in [-0.2, -0.15) is 0 Å². The molecule has 0 heterocycles. The second-order valence-corrected chi connectivity index (χ2v) is 3.91. The molecule has 0 saturated heterocycles. The summed E-state index contributed by atoms with van der Waals surface area (Å²) in [7, 11) is 2.52. The standard InChI is InChI=1S/C12H16O6/c1-7(13)18-5-4-8-6-9(11(14)16-2)10(8)12(15)17-3/h8H,4-6H2,1-3H3. The quantitative estimate of drug-likeness (QED) is 0.529. The lowest BCUT2D eigenvalue weighted by molar-refractivity contribution is -0.143. The topological polar surface area (TPSA) is 78.9 Å². The largest absolute Gasteiger partial charge is 0.466 e. The van der Waals surface area contributed by atoms with Gasteiger partial charge in [0.05, 0.1) is 26.4 Å². The van der Waals surface area contributed by atoms with Crippen molar-refractivity contribution in [3.05, 3.63) is 11.1 Å². The zero-order chi connectivity index (χ0) is 13.7. The molecule has 0 aliphatic heterocycles. The van der Waals surface area contributed by atoms with Crippen LogP contribution in [0, 0.1) is 5.92 Å². The van der Waals surface area contributed by atoms with E-state index in [0.717, 1.165) is 0 Å². The van der Waals surface area contributed by atoms with Crippen LogP contribution in [0.1, 0.15) is 19.8 Å². The van der Waals surface area contributed by atoms with Crippen LogP contribution in [-0.2, 0) is 28.6 Å². The zero-order valence-electron chi connectivity index (χ0n) is 10.6. The van der Waals surface area contributed by atoms with E-state index in [2.05, 4.69) is 9.47 Å². The highest BCUT2D eigenvalue weighted by atomic mass is 16.5. The molecule has 1 rings (SSSR count). The lowest BCUT2D eigenvalue weighted by atomic mass is 9.75. The molecule has 1 aliphatic rings. The molecule has 0 aromatic heterocycles. The predicted molar refractivity (Wildman–Crippen MR) is 60.4 cm³/mol. The molecule has 0 aromatic carbocycles. The first-order valence-electron chi connectivity index (χ1n) is 5.54. The minimum absolute atomic E-state index is 0.120. The highest BCUT2D eigenvalue weighted by molar-refractivity contribution is 6.03. The monoisotopic (exact) mass is 256 g/mol. The lowest BCUT2D eigenvalue weighted by Crippen LogP contribution is -2.31. The van der Waals surface area contributed by atoms with Gasteiger partial charge < -0.3 is 14.2 Å². The average Bonchev–Trinajstić information content (AvgIpc) is 2.31. The normalized spacial score (nSPS) is 17.8. The molecule has 1 unspecified atom stereocenters. The summed E-state index contributed by atoms with van der Waals surface area (Å²) in [4.78, 5) is 33.5. The number of esters is 3. The third kappa shape index (κ3) is 3.09. The highest BCUT2D eigenvalue weighted by Crippen LogP contribution is 2.38. The average molecular weight is 256 g/mol. The van der Waals surface area contributed by atoms with Crippen LogP contribution in [0.3, 0.4) is 0 Å². The van der Waals surface area contributed by atoms with Gasteiger partial charge in [-0.1, -0.05) is 0 Å². The third-order valence-corrected chi connectivity index (χ3v) is 2.79. The van der Waals surface area contributed by atoms with E-state index in [9.17, 15) is 14.4 Å². The number of carbonyl (C=O) groups is 3. The van der Waals surface area contributed by atoms with E-state index >= 15 is 0 Å². The Hall–Kier alpha value is -1.85. The lowest BCUT2D eigenvalue weighted by Gasteiger charge is -2.30. The van der Waals surface area contributed by atoms with Gasteiger partial charge in [0, 0.05) is 12.5 Å². The summed E-state index contributed by atoms with van der Waals surface area (Å²) in [5.74, 6) is -1.54. The summed E-state index contributed by atoms with van der Waals surface area (Å²) in [5.41, 5.74) is 0.675. The van der Waals surface area contributed by atoms with Gasteiger partial charge in [-0.25, -0.2) is 9.59 Å². The van der Waals surface area contributed by atoms with Crippen LogP contribution in [0.25, 0.3) is 0 Å². The Morgan fingerprint density at radius 1 is 1.17 bits per heavy atom. The van der Waals surface area contributed by atoms with E-state index in [-0.39, 0.29) is 18.5 Å².